The molecule has 0 aliphatic rings. The average molecular weight is 355 g/mol. The third-order valence-electron chi connectivity index (χ3n) is 1.90. The van der Waals surface area contributed by atoms with Crippen molar-refractivity contribution in [2.75, 3.05) is 0 Å². The van der Waals surface area contributed by atoms with Crippen molar-refractivity contribution in [1.29, 1.82) is 0 Å². The Kier molecular flexibility index (Phi) is 3.77. The molecular weight excluding hydrogens is 343 g/mol. The fraction of sp³-hybridized carbons (Fsp3) is 0.400. The highest BCUT2D eigenvalue weighted by Crippen LogP contribution is 2.24. The Hall–Kier alpha value is 0.390. The van der Waals surface area contributed by atoms with Gasteiger partial charge in [-0.2, -0.15) is 0 Å². The van der Waals surface area contributed by atoms with E-state index in [0.29, 0.717) is 0 Å². The number of benzene rings is 1. The van der Waals surface area contributed by atoms with Crippen LogP contribution in [-0.4, -0.2) is 5.11 Å². The van der Waals surface area contributed by atoms with E-state index in [1.807, 2.05) is 18.2 Å². The lowest BCUT2D eigenvalue weighted by atomic mass is 9.98. The van der Waals surface area contributed by atoms with Crippen molar-refractivity contribution in [3.05, 3.63) is 32.9 Å². The molecule has 0 saturated carbocycles. The number of alkyl halides is 1. The smallest absolute Gasteiger partial charge is 0.0840 e. The minimum atomic E-state index is -0.745. The Morgan fingerprint density at radius 2 is 2.08 bits per heavy atom. The van der Waals surface area contributed by atoms with Gasteiger partial charge in [-0.25, -0.2) is 0 Å². The summed E-state index contributed by atoms with van der Waals surface area (Å²) in [7, 11) is 0. The van der Waals surface area contributed by atoms with E-state index >= 15 is 0 Å². The summed E-state index contributed by atoms with van der Waals surface area (Å²) in [5, 5.41) is 10.6. The second-order valence-corrected chi connectivity index (χ2v) is 5.22. The lowest BCUT2D eigenvalue weighted by Crippen LogP contribution is -2.15. The maximum atomic E-state index is 9.76. The highest BCUT2D eigenvalue weighted by molar-refractivity contribution is 14.1. The molecule has 0 fully saturated rings. The van der Waals surface area contributed by atoms with Crippen molar-refractivity contribution < 1.29 is 5.11 Å². The first kappa shape index (κ1) is 11.5. The SMILES string of the molecule is CC(C)(O)c1ccc(CBr)c(I)c1. The molecule has 0 aliphatic heterocycles. The molecule has 0 radical (unpaired) electrons. The lowest BCUT2D eigenvalue weighted by Gasteiger charge is -2.18. The van der Waals surface area contributed by atoms with Crippen LogP contribution in [0.4, 0.5) is 0 Å². The highest BCUT2D eigenvalue weighted by Gasteiger charge is 2.16. The molecule has 0 atom stereocenters. The summed E-state index contributed by atoms with van der Waals surface area (Å²) in [6, 6.07) is 6.04. The molecule has 13 heavy (non-hydrogen) atoms. The molecular formula is C10H12BrIO. The van der Waals surface area contributed by atoms with Crippen LogP contribution in [0.2, 0.25) is 0 Å². The van der Waals surface area contributed by atoms with Gasteiger partial charge in [-0.05, 0) is 53.6 Å². The van der Waals surface area contributed by atoms with Crippen LogP contribution >= 0.6 is 38.5 Å². The second kappa shape index (κ2) is 4.28. The summed E-state index contributed by atoms with van der Waals surface area (Å²) < 4.78 is 1.19. The molecule has 0 aromatic heterocycles. The highest BCUT2D eigenvalue weighted by atomic mass is 127. The normalized spacial score (nSPS) is 11.8. The molecule has 1 aromatic rings. The predicted molar refractivity (Wildman–Crippen MR) is 67.0 cm³/mol. The topological polar surface area (TPSA) is 20.2 Å². The van der Waals surface area contributed by atoms with Crippen molar-refractivity contribution in [3.63, 3.8) is 0 Å². The van der Waals surface area contributed by atoms with Crippen molar-refractivity contribution in [1.82, 2.24) is 0 Å². The van der Waals surface area contributed by atoms with Crippen LogP contribution in [0.5, 0.6) is 0 Å². The minimum absolute atomic E-state index is 0.745. The van der Waals surface area contributed by atoms with Crippen LogP contribution < -0.4 is 0 Å². The van der Waals surface area contributed by atoms with E-state index in [-0.39, 0.29) is 0 Å². The zero-order valence-corrected chi connectivity index (χ0v) is 11.4. The van der Waals surface area contributed by atoms with Gasteiger partial charge in [-0.15, -0.1) is 0 Å². The number of hydrogen-bond donors (Lipinski definition) is 1. The molecule has 0 unspecified atom stereocenters. The van der Waals surface area contributed by atoms with E-state index in [1.165, 1.54) is 9.13 Å². The zero-order chi connectivity index (χ0) is 10.1. The summed E-state index contributed by atoms with van der Waals surface area (Å²) in [4.78, 5) is 0. The molecule has 1 rings (SSSR count). The molecule has 0 amide bonds. The molecule has 3 heteroatoms. The van der Waals surface area contributed by atoms with Gasteiger partial charge in [-0.1, -0.05) is 28.1 Å². The number of hydrogen-bond acceptors (Lipinski definition) is 1. The molecule has 72 valence electrons. The summed E-state index contributed by atoms with van der Waals surface area (Å²) in [5.41, 5.74) is 1.47. The van der Waals surface area contributed by atoms with E-state index in [4.69, 9.17) is 0 Å². The number of halogens is 2. The van der Waals surface area contributed by atoms with Crippen LogP contribution in [0.25, 0.3) is 0 Å². The fourth-order valence-electron chi connectivity index (χ4n) is 1.04. The van der Waals surface area contributed by atoms with Crippen molar-refractivity contribution >= 4 is 38.5 Å². The Morgan fingerprint density at radius 1 is 1.46 bits per heavy atom. The first-order chi connectivity index (χ1) is 5.95. The third kappa shape index (κ3) is 2.92. The first-order valence-electron chi connectivity index (χ1n) is 4.02. The Bertz CT molecular complexity index is 304. The maximum absolute atomic E-state index is 9.76. The van der Waals surface area contributed by atoms with Crippen molar-refractivity contribution in [2.24, 2.45) is 0 Å². The zero-order valence-electron chi connectivity index (χ0n) is 7.64. The average Bonchev–Trinajstić information content (AvgIpc) is 2.02. The largest absolute Gasteiger partial charge is 0.386 e. The van der Waals surface area contributed by atoms with Crippen LogP contribution in [0, 0.1) is 3.57 Å². The Balaban J connectivity index is 3.10. The van der Waals surface area contributed by atoms with E-state index in [2.05, 4.69) is 38.5 Å². The molecule has 1 nitrogen and oxygen atoms in total. The molecule has 1 aromatic carbocycles. The van der Waals surface area contributed by atoms with Gasteiger partial charge in [-0.3, -0.25) is 0 Å². The van der Waals surface area contributed by atoms with Crippen LogP contribution in [0.3, 0.4) is 0 Å². The predicted octanol–water partition coefficient (Wildman–Crippen LogP) is 3.41. The summed E-state index contributed by atoms with van der Waals surface area (Å²) in [6.07, 6.45) is 0. The summed E-state index contributed by atoms with van der Waals surface area (Å²) >= 11 is 5.70. The quantitative estimate of drug-likeness (QED) is 0.637. The minimum Gasteiger partial charge on any atom is -0.386 e. The maximum Gasteiger partial charge on any atom is 0.0840 e. The fourth-order valence-corrected chi connectivity index (χ4v) is 2.76. The van der Waals surface area contributed by atoms with E-state index in [1.54, 1.807) is 13.8 Å². The first-order valence-corrected chi connectivity index (χ1v) is 6.22. The summed E-state index contributed by atoms with van der Waals surface area (Å²) in [6.45, 7) is 3.60. The second-order valence-electron chi connectivity index (χ2n) is 3.50. The van der Waals surface area contributed by atoms with E-state index in [0.717, 1.165) is 10.9 Å². The summed E-state index contributed by atoms with van der Waals surface area (Å²) in [5.74, 6) is 0. The van der Waals surface area contributed by atoms with Gasteiger partial charge in [0.1, 0.15) is 0 Å². The molecule has 0 saturated heterocycles. The van der Waals surface area contributed by atoms with Gasteiger partial charge in [0.05, 0.1) is 5.60 Å². The Labute approximate surface area is 101 Å². The number of aliphatic hydroxyl groups is 1. The van der Waals surface area contributed by atoms with Crippen molar-refractivity contribution in [3.8, 4) is 0 Å². The van der Waals surface area contributed by atoms with E-state index < -0.39 is 5.60 Å². The van der Waals surface area contributed by atoms with Gasteiger partial charge in [0.15, 0.2) is 0 Å². The van der Waals surface area contributed by atoms with Gasteiger partial charge < -0.3 is 5.11 Å². The van der Waals surface area contributed by atoms with Gasteiger partial charge >= 0.3 is 0 Å². The third-order valence-corrected chi connectivity index (χ3v) is 3.51. The van der Waals surface area contributed by atoms with Crippen LogP contribution in [0.15, 0.2) is 18.2 Å². The number of rotatable bonds is 2. The standard InChI is InChI=1S/C10H12BrIO/c1-10(2,13)8-4-3-7(6-11)9(12)5-8/h3-5,13H,6H2,1-2H3. The van der Waals surface area contributed by atoms with Crippen LogP contribution in [-0.2, 0) is 10.9 Å². The molecule has 0 spiro atoms. The van der Waals surface area contributed by atoms with Gasteiger partial charge in [0.25, 0.3) is 0 Å². The van der Waals surface area contributed by atoms with Crippen molar-refractivity contribution in [2.45, 2.75) is 24.8 Å². The molecule has 0 heterocycles. The van der Waals surface area contributed by atoms with Gasteiger partial charge in [0, 0.05) is 8.90 Å². The monoisotopic (exact) mass is 354 g/mol. The molecule has 0 bridgehead atoms. The van der Waals surface area contributed by atoms with E-state index in [9.17, 15) is 5.11 Å². The molecule has 0 aliphatic carbocycles. The molecule has 1 N–H and O–H groups in total. The lowest BCUT2D eigenvalue weighted by molar-refractivity contribution is 0.0785. The van der Waals surface area contributed by atoms with Crippen LogP contribution in [0.1, 0.15) is 25.0 Å². The van der Waals surface area contributed by atoms with Gasteiger partial charge in [0.2, 0.25) is 0 Å². The Morgan fingerprint density at radius 3 is 2.46 bits per heavy atom.